The standard InChI is InChI=1S/C12H20N4O3/c1-8(2)13-10(17)7-15(3)12(19)9-5-6-11(18)16(4)14-9/h8H,5-7H2,1-4H3,(H,13,17). The summed E-state index contributed by atoms with van der Waals surface area (Å²) in [4.78, 5) is 36.2. The van der Waals surface area contributed by atoms with Gasteiger partial charge in [-0.2, -0.15) is 5.10 Å². The average Bonchev–Trinajstić information content (AvgIpc) is 2.30. The van der Waals surface area contributed by atoms with Crippen LogP contribution in [0.5, 0.6) is 0 Å². The lowest BCUT2D eigenvalue weighted by Crippen LogP contribution is -2.44. The van der Waals surface area contributed by atoms with Crippen LogP contribution in [0.3, 0.4) is 0 Å². The number of hydrazone groups is 1. The number of hydrogen-bond acceptors (Lipinski definition) is 4. The van der Waals surface area contributed by atoms with E-state index in [0.717, 1.165) is 0 Å². The number of nitrogens with zero attached hydrogens (tertiary/aromatic N) is 3. The summed E-state index contributed by atoms with van der Waals surface area (Å²) in [7, 11) is 3.06. The smallest absolute Gasteiger partial charge is 0.270 e. The van der Waals surface area contributed by atoms with E-state index in [1.165, 1.54) is 17.0 Å². The van der Waals surface area contributed by atoms with Gasteiger partial charge in [0.15, 0.2) is 0 Å². The second-order valence-electron chi connectivity index (χ2n) is 4.85. The third-order valence-electron chi connectivity index (χ3n) is 2.63. The van der Waals surface area contributed by atoms with Crippen LogP contribution in [0.25, 0.3) is 0 Å². The molecule has 1 heterocycles. The van der Waals surface area contributed by atoms with Gasteiger partial charge in [-0.15, -0.1) is 0 Å². The molecule has 1 N–H and O–H groups in total. The van der Waals surface area contributed by atoms with Gasteiger partial charge < -0.3 is 10.2 Å². The highest BCUT2D eigenvalue weighted by Crippen LogP contribution is 2.08. The van der Waals surface area contributed by atoms with Crippen molar-refractivity contribution < 1.29 is 14.4 Å². The number of likely N-dealkylation sites (N-methyl/N-ethyl adjacent to an activating group) is 1. The summed E-state index contributed by atoms with van der Waals surface area (Å²) in [5.41, 5.74) is 0.307. The van der Waals surface area contributed by atoms with Gasteiger partial charge in [0, 0.05) is 33.0 Å². The highest BCUT2D eigenvalue weighted by atomic mass is 16.2. The number of nitrogens with one attached hydrogen (secondary N) is 1. The maximum absolute atomic E-state index is 12.0. The largest absolute Gasteiger partial charge is 0.352 e. The van der Waals surface area contributed by atoms with E-state index in [9.17, 15) is 14.4 Å². The summed E-state index contributed by atoms with van der Waals surface area (Å²) < 4.78 is 0. The fraction of sp³-hybridized carbons (Fsp3) is 0.667. The molecule has 0 radical (unpaired) electrons. The first-order valence-corrected chi connectivity index (χ1v) is 6.20. The molecule has 19 heavy (non-hydrogen) atoms. The summed E-state index contributed by atoms with van der Waals surface area (Å²) in [6.45, 7) is 3.69. The summed E-state index contributed by atoms with van der Waals surface area (Å²) in [6, 6.07) is 0.0341. The van der Waals surface area contributed by atoms with Crippen molar-refractivity contribution in [3.8, 4) is 0 Å². The average molecular weight is 268 g/mol. The molecule has 1 aliphatic rings. The molecule has 3 amide bonds. The van der Waals surface area contributed by atoms with Crippen molar-refractivity contribution in [3.63, 3.8) is 0 Å². The van der Waals surface area contributed by atoms with Crippen LogP contribution in [0.1, 0.15) is 26.7 Å². The molecule has 0 bridgehead atoms. The van der Waals surface area contributed by atoms with Gasteiger partial charge in [0.05, 0.1) is 6.54 Å². The normalized spacial score (nSPS) is 15.3. The Kier molecular flexibility index (Phi) is 5.02. The first-order chi connectivity index (χ1) is 8.81. The molecule has 7 heteroatoms. The molecule has 0 spiro atoms. The van der Waals surface area contributed by atoms with E-state index in [2.05, 4.69) is 10.4 Å². The number of rotatable bonds is 4. The van der Waals surface area contributed by atoms with Gasteiger partial charge in [-0.3, -0.25) is 14.4 Å². The summed E-state index contributed by atoms with van der Waals surface area (Å²) in [6.07, 6.45) is 0.589. The van der Waals surface area contributed by atoms with Crippen LogP contribution < -0.4 is 5.32 Å². The maximum Gasteiger partial charge on any atom is 0.270 e. The zero-order valence-corrected chi connectivity index (χ0v) is 11.8. The molecule has 1 aliphatic heterocycles. The quantitative estimate of drug-likeness (QED) is 0.751. The topological polar surface area (TPSA) is 82.1 Å². The second-order valence-corrected chi connectivity index (χ2v) is 4.85. The minimum Gasteiger partial charge on any atom is -0.352 e. The van der Waals surface area contributed by atoms with Crippen molar-refractivity contribution in [1.29, 1.82) is 0 Å². The van der Waals surface area contributed by atoms with Gasteiger partial charge >= 0.3 is 0 Å². The highest BCUT2D eigenvalue weighted by molar-refractivity contribution is 6.39. The van der Waals surface area contributed by atoms with Crippen LogP contribution in [0.4, 0.5) is 0 Å². The van der Waals surface area contributed by atoms with E-state index >= 15 is 0 Å². The van der Waals surface area contributed by atoms with Crippen LogP contribution >= 0.6 is 0 Å². The number of hydrogen-bond donors (Lipinski definition) is 1. The number of carbonyl (C=O) groups is 3. The van der Waals surface area contributed by atoms with E-state index in [1.807, 2.05) is 13.8 Å². The molecule has 0 aliphatic carbocycles. The summed E-state index contributed by atoms with van der Waals surface area (Å²) in [5.74, 6) is -0.651. The predicted octanol–water partition coefficient (Wildman–Crippen LogP) is -0.422. The molecule has 0 atom stereocenters. The maximum atomic E-state index is 12.0. The first kappa shape index (κ1) is 15.1. The molecule has 0 saturated heterocycles. The van der Waals surface area contributed by atoms with Crippen LogP contribution in [-0.4, -0.2) is 60.0 Å². The molecular formula is C12H20N4O3. The molecule has 0 fully saturated rings. The lowest BCUT2D eigenvalue weighted by Gasteiger charge is -2.23. The Morgan fingerprint density at radius 3 is 2.58 bits per heavy atom. The van der Waals surface area contributed by atoms with E-state index in [4.69, 9.17) is 0 Å². The van der Waals surface area contributed by atoms with Gasteiger partial charge in [0.2, 0.25) is 11.8 Å². The lowest BCUT2D eigenvalue weighted by molar-refractivity contribution is -0.132. The highest BCUT2D eigenvalue weighted by Gasteiger charge is 2.25. The van der Waals surface area contributed by atoms with Gasteiger partial charge in [-0.25, -0.2) is 5.01 Å². The third-order valence-corrected chi connectivity index (χ3v) is 2.63. The summed E-state index contributed by atoms with van der Waals surface area (Å²) >= 11 is 0. The molecule has 0 aromatic rings. The van der Waals surface area contributed by atoms with Crippen molar-refractivity contribution >= 4 is 23.4 Å². The molecule has 0 unspecified atom stereocenters. The van der Waals surface area contributed by atoms with Gasteiger partial charge in [-0.1, -0.05) is 0 Å². The zero-order chi connectivity index (χ0) is 14.6. The molecule has 7 nitrogen and oxygen atoms in total. The Morgan fingerprint density at radius 1 is 1.42 bits per heavy atom. The van der Waals surface area contributed by atoms with Crippen LogP contribution in [-0.2, 0) is 14.4 Å². The minimum atomic E-state index is -0.321. The van der Waals surface area contributed by atoms with Crippen LogP contribution in [0, 0.1) is 0 Å². The first-order valence-electron chi connectivity index (χ1n) is 6.20. The van der Waals surface area contributed by atoms with Gasteiger partial charge in [0.25, 0.3) is 5.91 Å². The van der Waals surface area contributed by atoms with Crippen LogP contribution in [0.2, 0.25) is 0 Å². The predicted molar refractivity (Wildman–Crippen MR) is 70.4 cm³/mol. The number of amides is 3. The monoisotopic (exact) mass is 268 g/mol. The minimum absolute atomic E-state index is 0.0201. The van der Waals surface area contributed by atoms with Crippen LogP contribution in [0.15, 0.2) is 5.10 Å². The molecule has 0 aromatic heterocycles. The van der Waals surface area contributed by atoms with Crippen molar-refractivity contribution in [2.75, 3.05) is 20.6 Å². The third kappa shape index (κ3) is 4.35. The molecule has 106 valence electrons. The van der Waals surface area contributed by atoms with Gasteiger partial charge in [0.1, 0.15) is 5.71 Å². The van der Waals surface area contributed by atoms with E-state index < -0.39 is 0 Å². The Bertz CT molecular complexity index is 417. The Balaban J connectivity index is 2.60. The molecule has 0 aromatic carbocycles. The van der Waals surface area contributed by atoms with Crippen molar-refractivity contribution in [1.82, 2.24) is 15.2 Å². The Morgan fingerprint density at radius 2 is 2.05 bits per heavy atom. The zero-order valence-electron chi connectivity index (χ0n) is 11.8. The second kappa shape index (κ2) is 6.31. The molecule has 1 rings (SSSR count). The van der Waals surface area contributed by atoms with Crippen molar-refractivity contribution in [2.45, 2.75) is 32.7 Å². The van der Waals surface area contributed by atoms with Crippen molar-refractivity contribution in [2.24, 2.45) is 5.10 Å². The Hall–Kier alpha value is -1.92. The van der Waals surface area contributed by atoms with Crippen molar-refractivity contribution in [3.05, 3.63) is 0 Å². The number of carbonyl (C=O) groups excluding carboxylic acids is 3. The van der Waals surface area contributed by atoms with E-state index in [1.54, 1.807) is 7.05 Å². The Labute approximate surface area is 112 Å². The lowest BCUT2D eigenvalue weighted by atomic mass is 10.1. The van der Waals surface area contributed by atoms with Gasteiger partial charge in [-0.05, 0) is 13.8 Å². The SMILES string of the molecule is CC(C)NC(=O)CN(C)C(=O)C1=NN(C)C(=O)CC1. The van der Waals surface area contributed by atoms with E-state index in [0.29, 0.717) is 12.1 Å². The van der Waals surface area contributed by atoms with E-state index in [-0.39, 0.29) is 36.7 Å². The molecule has 0 saturated carbocycles. The molecular weight excluding hydrogens is 248 g/mol. The fourth-order valence-corrected chi connectivity index (χ4v) is 1.70. The summed E-state index contributed by atoms with van der Waals surface area (Å²) in [5, 5.41) is 7.81. The fourth-order valence-electron chi connectivity index (χ4n) is 1.70.